The van der Waals surface area contributed by atoms with Gasteiger partial charge in [0.1, 0.15) is 0 Å². The summed E-state index contributed by atoms with van der Waals surface area (Å²) in [4.78, 5) is 0. The molecule has 0 heterocycles. The first-order valence-corrected chi connectivity index (χ1v) is 5.63. The van der Waals surface area contributed by atoms with Gasteiger partial charge in [-0.15, -0.1) is 0 Å². The van der Waals surface area contributed by atoms with Crippen molar-refractivity contribution in [3.8, 4) is 0 Å². The summed E-state index contributed by atoms with van der Waals surface area (Å²) >= 11 is 5.27. The van der Waals surface area contributed by atoms with Gasteiger partial charge in [0, 0.05) is 5.02 Å². The van der Waals surface area contributed by atoms with Crippen LogP contribution in [-0.2, 0) is 0 Å². The van der Waals surface area contributed by atoms with Crippen molar-refractivity contribution in [3.63, 3.8) is 0 Å². The van der Waals surface area contributed by atoms with E-state index in [4.69, 9.17) is 11.6 Å². The molecule has 0 bridgehead atoms. The highest BCUT2D eigenvalue weighted by atomic mass is 35.5. The average molecular weight is 363 g/mol. The second-order valence-electron chi connectivity index (χ2n) is 4.22. The van der Waals surface area contributed by atoms with Crippen molar-refractivity contribution in [1.82, 2.24) is 0 Å². The molecule has 0 nitrogen and oxygen atoms in total. The van der Waals surface area contributed by atoms with Crippen molar-refractivity contribution >= 4 is 11.6 Å². The van der Waals surface area contributed by atoms with E-state index in [2.05, 4.69) is 0 Å². The zero-order valence-electron chi connectivity index (χ0n) is 10.0. The standard InChI is InChI=1S/C11H5ClF10/c12-6-3-1-2-5(4-6)7(13)8(9(14,15)16,10(17,18)19)11(20,21)22/h1-4,7H. The Labute approximate surface area is 121 Å². The molecule has 0 aromatic heterocycles. The van der Waals surface area contributed by atoms with Crippen LogP contribution in [0.4, 0.5) is 43.9 Å². The second-order valence-corrected chi connectivity index (χ2v) is 4.66. The Morgan fingerprint density at radius 1 is 0.773 bits per heavy atom. The highest BCUT2D eigenvalue weighted by Crippen LogP contribution is 2.66. The fraction of sp³-hybridized carbons (Fsp3) is 0.455. The number of hydrogen-bond donors (Lipinski definition) is 0. The summed E-state index contributed by atoms with van der Waals surface area (Å²) in [6.45, 7) is 0. The Balaban J connectivity index is 3.71. The molecule has 0 aliphatic rings. The third-order valence-electron chi connectivity index (χ3n) is 2.86. The van der Waals surface area contributed by atoms with Crippen LogP contribution >= 0.6 is 11.6 Å². The predicted molar refractivity (Wildman–Crippen MR) is 55.9 cm³/mol. The van der Waals surface area contributed by atoms with Crippen LogP contribution < -0.4 is 0 Å². The van der Waals surface area contributed by atoms with Crippen LogP contribution in [0.5, 0.6) is 0 Å². The summed E-state index contributed by atoms with van der Waals surface area (Å²) in [6, 6.07) is 2.31. The SMILES string of the molecule is FC(c1cccc(Cl)c1)C(C(F)(F)F)(C(F)(F)F)C(F)(F)F. The molecule has 0 spiro atoms. The zero-order chi connectivity index (χ0) is 17.6. The molecule has 0 aliphatic heterocycles. The first-order valence-electron chi connectivity index (χ1n) is 5.26. The van der Waals surface area contributed by atoms with E-state index >= 15 is 0 Å². The summed E-state index contributed by atoms with van der Waals surface area (Å²) in [5.74, 6) is 0. The van der Waals surface area contributed by atoms with Gasteiger partial charge in [0.15, 0.2) is 6.17 Å². The van der Waals surface area contributed by atoms with Crippen LogP contribution in [0.3, 0.4) is 0 Å². The molecule has 1 aromatic rings. The first-order chi connectivity index (χ1) is 9.66. The largest absolute Gasteiger partial charge is 0.415 e. The van der Waals surface area contributed by atoms with Crippen LogP contribution in [0.2, 0.25) is 5.02 Å². The lowest BCUT2D eigenvalue weighted by atomic mass is 9.77. The lowest BCUT2D eigenvalue weighted by Crippen LogP contribution is -2.62. The van der Waals surface area contributed by atoms with Gasteiger partial charge >= 0.3 is 18.5 Å². The van der Waals surface area contributed by atoms with Crippen LogP contribution in [0, 0.1) is 5.41 Å². The fourth-order valence-electron chi connectivity index (χ4n) is 1.83. The van der Waals surface area contributed by atoms with E-state index in [0.29, 0.717) is 6.07 Å². The smallest absolute Gasteiger partial charge is 0.241 e. The molecule has 0 N–H and O–H groups in total. The summed E-state index contributed by atoms with van der Waals surface area (Å²) < 4.78 is 128. The Morgan fingerprint density at radius 3 is 1.50 bits per heavy atom. The molecule has 11 heteroatoms. The molecular formula is C11H5ClF10. The van der Waals surface area contributed by atoms with Gasteiger partial charge in [0.05, 0.1) is 0 Å². The fourth-order valence-corrected chi connectivity index (χ4v) is 2.03. The number of alkyl halides is 10. The molecule has 0 fully saturated rings. The maximum absolute atomic E-state index is 13.9. The Kier molecular flexibility index (Phi) is 4.69. The minimum absolute atomic E-state index is 0.268. The van der Waals surface area contributed by atoms with Crippen LogP contribution in [0.25, 0.3) is 0 Å². The summed E-state index contributed by atoms with van der Waals surface area (Å²) in [5.41, 5.74) is -8.04. The van der Waals surface area contributed by atoms with E-state index in [1.807, 2.05) is 0 Å². The van der Waals surface area contributed by atoms with Gasteiger partial charge in [-0.25, -0.2) is 4.39 Å². The number of benzene rings is 1. The monoisotopic (exact) mass is 362 g/mol. The predicted octanol–water partition coefficient (Wildman–Crippen LogP) is 6.02. The lowest BCUT2D eigenvalue weighted by Gasteiger charge is -2.40. The van der Waals surface area contributed by atoms with Crippen molar-refractivity contribution in [1.29, 1.82) is 0 Å². The van der Waals surface area contributed by atoms with Crippen LogP contribution in [0.1, 0.15) is 11.7 Å². The maximum atomic E-state index is 13.9. The molecule has 22 heavy (non-hydrogen) atoms. The van der Waals surface area contributed by atoms with Gasteiger partial charge in [-0.1, -0.05) is 23.7 Å². The van der Waals surface area contributed by atoms with E-state index in [9.17, 15) is 43.9 Å². The summed E-state index contributed by atoms with van der Waals surface area (Å²) in [5, 5.41) is -0.513. The molecule has 0 saturated heterocycles. The zero-order valence-corrected chi connectivity index (χ0v) is 10.8. The Morgan fingerprint density at radius 2 is 1.18 bits per heavy atom. The molecule has 0 aliphatic carbocycles. The van der Waals surface area contributed by atoms with E-state index in [1.54, 1.807) is 0 Å². The van der Waals surface area contributed by atoms with Crippen LogP contribution in [0.15, 0.2) is 24.3 Å². The molecule has 0 radical (unpaired) electrons. The second kappa shape index (κ2) is 5.47. The molecule has 126 valence electrons. The topological polar surface area (TPSA) is 0 Å². The Bertz CT molecular complexity index is 491. The Hall–Kier alpha value is -1.19. The molecule has 1 rings (SSSR count). The van der Waals surface area contributed by atoms with Gasteiger partial charge in [-0.3, -0.25) is 0 Å². The highest BCUT2D eigenvalue weighted by Gasteiger charge is 2.87. The summed E-state index contributed by atoms with van der Waals surface area (Å²) in [7, 11) is 0. The third kappa shape index (κ3) is 2.84. The van der Waals surface area contributed by atoms with E-state index in [0.717, 1.165) is 12.1 Å². The van der Waals surface area contributed by atoms with E-state index in [1.165, 1.54) is 0 Å². The van der Waals surface area contributed by atoms with Gasteiger partial charge in [0.25, 0.3) is 5.41 Å². The van der Waals surface area contributed by atoms with Crippen molar-refractivity contribution in [2.24, 2.45) is 5.41 Å². The minimum Gasteiger partial charge on any atom is -0.241 e. The number of halogens is 11. The van der Waals surface area contributed by atoms with Gasteiger partial charge in [-0.05, 0) is 17.7 Å². The lowest BCUT2D eigenvalue weighted by molar-refractivity contribution is -0.443. The normalized spacial score (nSPS) is 15.8. The van der Waals surface area contributed by atoms with Gasteiger partial charge < -0.3 is 0 Å². The highest BCUT2D eigenvalue weighted by molar-refractivity contribution is 6.30. The van der Waals surface area contributed by atoms with Crippen LogP contribution in [-0.4, -0.2) is 18.5 Å². The van der Waals surface area contributed by atoms with Crippen molar-refractivity contribution < 1.29 is 43.9 Å². The van der Waals surface area contributed by atoms with Crippen molar-refractivity contribution in [2.45, 2.75) is 24.7 Å². The van der Waals surface area contributed by atoms with Gasteiger partial charge in [0.2, 0.25) is 0 Å². The minimum atomic E-state index is -6.97. The quantitative estimate of drug-likeness (QED) is 0.564. The molecular weight excluding hydrogens is 358 g/mol. The van der Waals surface area contributed by atoms with E-state index < -0.39 is 40.7 Å². The molecule has 0 amide bonds. The average Bonchev–Trinajstić information content (AvgIpc) is 2.23. The first kappa shape index (κ1) is 18.9. The van der Waals surface area contributed by atoms with Gasteiger partial charge in [-0.2, -0.15) is 39.5 Å². The van der Waals surface area contributed by atoms with Crippen molar-refractivity contribution in [3.05, 3.63) is 34.9 Å². The number of rotatable bonds is 2. The third-order valence-corrected chi connectivity index (χ3v) is 3.10. The molecule has 0 saturated carbocycles. The van der Waals surface area contributed by atoms with E-state index in [-0.39, 0.29) is 6.07 Å². The maximum Gasteiger partial charge on any atom is 0.415 e. The number of hydrogen-bond acceptors (Lipinski definition) is 0. The summed E-state index contributed by atoms with van der Waals surface area (Å²) in [6.07, 6.45) is -25.4. The van der Waals surface area contributed by atoms with Crippen molar-refractivity contribution in [2.75, 3.05) is 0 Å². The molecule has 1 atom stereocenters. The molecule has 1 aromatic carbocycles. The molecule has 1 unspecified atom stereocenters.